The zero-order chi connectivity index (χ0) is 12.5. The Hall–Kier alpha value is -1.35. The summed E-state index contributed by atoms with van der Waals surface area (Å²) in [5.41, 5.74) is 8.89. The van der Waals surface area contributed by atoms with Crippen molar-refractivity contribution in [2.24, 2.45) is 5.73 Å². The number of hydrogen-bond donors (Lipinski definition) is 1. The van der Waals surface area contributed by atoms with Gasteiger partial charge < -0.3 is 10.5 Å². The summed E-state index contributed by atoms with van der Waals surface area (Å²) >= 11 is 0. The van der Waals surface area contributed by atoms with Crippen LogP contribution in [0.3, 0.4) is 0 Å². The number of nitrogens with two attached hydrogens (primary N) is 1. The van der Waals surface area contributed by atoms with E-state index < -0.39 is 0 Å². The third-order valence-electron chi connectivity index (χ3n) is 3.70. The van der Waals surface area contributed by atoms with Crippen LogP contribution in [0.5, 0.6) is 0 Å². The monoisotopic (exact) mass is 233 g/mol. The number of methoxy groups -OCH3 is 1. The molecule has 1 saturated carbocycles. The maximum atomic E-state index is 11.5. The molecule has 92 valence electrons. The first-order valence-corrected chi connectivity index (χ1v) is 6.05. The van der Waals surface area contributed by atoms with Crippen molar-refractivity contribution in [3.8, 4) is 0 Å². The molecular formula is C14H19NO2. The normalized spacial score (nSPS) is 18.1. The number of ether oxygens (including phenoxy) is 1. The molecule has 2 N–H and O–H groups in total. The molecule has 0 spiro atoms. The summed E-state index contributed by atoms with van der Waals surface area (Å²) in [6.07, 6.45) is 4.44. The van der Waals surface area contributed by atoms with Crippen LogP contribution < -0.4 is 5.73 Å². The minimum atomic E-state index is -0.286. The third kappa shape index (κ3) is 2.20. The summed E-state index contributed by atoms with van der Waals surface area (Å²) in [6.45, 7) is 1.92. The Morgan fingerprint density at radius 3 is 2.53 bits per heavy atom. The quantitative estimate of drug-likeness (QED) is 0.798. The summed E-state index contributed by atoms with van der Waals surface area (Å²) in [5, 5.41) is 0. The molecule has 0 atom stereocenters. The number of carbonyl (C=O) groups excluding carboxylic acids is 1. The van der Waals surface area contributed by atoms with Crippen LogP contribution in [0.15, 0.2) is 18.2 Å². The van der Waals surface area contributed by atoms with Crippen LogP contribution in [0.1, 0.15) is 47.2 Å². The second-order valence-corrected chi connectivity index (χ2v) is 4.88. The molecule has 17 heavy (non-hydrogen) atoms. The van der Waals surface area contributed by atoms with Gasteiger partial charge >= 0.3 is 5.97 Å². The molecule has 1 aromatic carbocycles. The highest BCUT2D eigenvalue weighted by Crippen LogP contribution is 2.36. The van der Waals surface area contributed by atoms with Gasteiger partial charge in [-0.15, -0.1) is 0 Å². The fourth-order valence-corrected chi connectivity index (χ4v) is 2.61. The maximum Gasteiger partial charge on any atom is 0.338 e. The molecule has 1 fully saturated rings. The van der Waals surface area contributed by atoms with Crippen LogP contribution in [0, 0.1) is 6.92 Å². The van der Waals surface area contributed by atoms with E-state index in [2.05, 4.69) is 0 Å². The minimum Gasteiger partial charge on any atom is -0.465 e. The first-order valence-electron chi connectivity index (χ1n) is 6.05. The first-order chi connectivity index (χ1) is 8.07. The Kier molecular flexibility index (Phi) is 3.20. The average molecular weight is 233 g/mol. The Balaban J connectivity index is 2.33. The minimum absolute atomic E-state index is 0.195. The van der Waals surface area contributed by atoms with Gasteiger partial charge in [-0.1, -0.05) is 25.0 Å². The van der Waals surface area contributed by atoms with Crippen molar-refractivity contribution in [2.45, 2.75) is 38.1 Å². The maximum absolute atomic E-state index is 11.5. The lowest BCUT2D eigenvalue weighted by Gasteiger charge is -2.25. The molecule has 0 bridgehead atoms. The number of aryl methyl sites for hydroxylation is 1. The molecule has 0 aliphatic heterocycles. The summed E-state index contributed by atoms with van der Waals surface area (Å²) in [6, 6.07) is 5.81. The Morgan fingerprint density at radius 2 is 2.00 bits per heavy atom. The third-order valence-corrected chi connectivity index (χ3v) is 3.70. The summed E-state index contributed by atoms with van der Waals surface area (Å²) < 4.78 is 4.74. The predicted octanol–water partition coefficient (Wildman–Crippen LogP) is 2.51. The van der Waals surface area contributed by atoms with Gasteiger partial charge in [0.1, 0.15) is 0 Å². The van der Waals surface area contributed by atoms with Crippen LogP contribution in [0.2, 0.25) is 0 Å². The van der Waals surface area contributed by atoms with Crippen molar-refractivity contribution in [2.75, 3.05) is 7.11 Å². The number of rotatable bonds is 2. The van der Waals surface area contributed by atoms with Gasteiger partial charge in [-0.3, -0.25) is 0 Å². The standard InChI is InChI=1S/C14H19NO2/c1-10-9-11(14(15)7-3-4-8-14)5-6-12(10)13(16)17-2/h5-6,9H,3-4,7-8,15H2,1-2H3. The largest absolute Gasteiger partial charge is 0.465 e. The van der Waals surface area contributed by atoms with E-state index in [-0.39, 0.29) is 11.5 Å². The molecule has 3 heteroatoms. The number of benzene rings is 1. The van der Waals surface area contributed by atoms with E-state index in [1.807, 2.05) is 25.1 Å². The molecule has 0 heterocycles. The highest BCUT2D eigenvalue weighted by Gasteiger charge is 2.31. The van der Waals surface area contributed by atoms with Crippen molar-refractivity contribution in [3.05, 3.63) is 34.9 Å². The van der Waals surface area contributed by atoms with Gasteiger partial charge in [0.2, 0.25) is 0 Å². The molecule has 1 aliphatic rings. The molecule has 1 aliphatic carbocycles. The molecule has 0 radical (unpaired) electrons. The van der Waals surface area contributed by atoms with Crippen LogP contribution in [-0.2, 0) is 10.3 Å². The van der Waals surface area contributed by atoms with Gasteiger partial charge in [0.05, 0.1) is 12.7 Å². The topological polar surface area (TPSA) is 52.3 Å². The molecule has 0 aromatic heterocycles. The smallest absolute Gasteiger partial charge is 0.338 e. The van der Waals surface area contributed by atoms with E-state index in [1.54, 1.807) is 0 Å². The van der Waals surface area contributed by atoms with Crippen molar-refractivity contribution in [3.63, 3.8) is 0 Å². The lowest BCUT2D eigenvalue weighted by molar-refractivity contribution is 0.0600. The van der Waals surface area contributed by atoms with E-state index in [4.69, 9.17) is 10.5 Å². The van der Waals surface area contributed by atoms with E-state index in [9.17, 15) is 4.79 Å². The second-order valence-electron chi connectivity index (χ2n) is 4.88. The molecule has 1 aromatic rings. The fourth-order valence-electron chi connectivity index (χ4n) is 2.61. The zero-order valence-electron chi connectivity index (χ0n) is 10.5. The molecule has 3 nitrogen and oxygen atoms in total. The summed E-state index contributed by atoms with van der Waals surface area (Å²) in [4.78, 5) is 11.5. The molecular weight excluding hydrogens is 214 g/mol. The van der Waals surface area contributed by atoms with Gasteiger partial charge in [-0.25, -0.2) is 4.79 Å². The van der Waals surface area contributed by atoms with E-state index in [1.165, 1.54) is 20.0 Å². The zero-order valence-corrected chi connectivity index (χ0v) is 10.5. The molecule has 0 amide bonds. The Morgan fingerprint density at radius 1 is 1.35 bits per heavy atom. The predicted molar refractivity (Wildman–Crippen MR) is 66.9 cm³/mol. The van der Waals surface area contributed by atoms with Gasteiger partial charge in [-0.2, -0.15) is 0 Å². The number of carbonyl (C=O) groups is 1. The van der Waals surface area contributed by atoms with Gasteiger partial charge in [0, 0.05) is 5.54 Å². The van der Waals surface area contributed by atoms with E-state index in [0.717, 1.165) is 24.0 Å². The first kappa shape index (κ1) is 12.1. The lowest BCUT2D eigenvalue weighted by Crippen LogP contribution is -2.33. The highest BCUT2D eigenvalue weighted by atomic mass is 16.5. The molecule has 0 saturated heterocycles. The average Bonchev–Trinajstić information content (AvgIpc) is 2.76. The van der Waals surface area contributed by atoms with Crippen LogP contribution in [0.4, 0.5) is 0 Å². The molecule has 0 unspecified atom stereocenters. The van der Waals surface area contributed by atoms with Crippen molar-refractivity contribution >= 4 is 5.97 Å². The van der Waals surface area contributed by atoms with Crippen molar-refractivity contribution in [1.29, 1.82) is 0 Å². The summed E-state index contributed by atoms with van der Waals surface area (Å²) in [7, 11) is 1.40. The lowest BCUT2D eigenvalue weighted by atomic mass is 9.87. The van der Waals surface area contributed by atoms with Crippen molar-refractivity contribution in [1.82, 2.24) is 0 Å². The van der Waals surface area contributed by atoms with Gasteiger partial charge in [-0.05, 0) is 37.0 Å². The van der Waals surface area contributed by atoms with Crippen LogP contribution in [-0.4, -0.2) is 13.1 Å². The summed E-state index contributed by atoms with van der Waals surface area (Å²) in [5.74, 6) is -0.286. The number of hydrogen-bond acceptors (Lipinski definition) is 3. The number of esters is 1. The Labute approximate surface area is 102 Å². The highest BCUT2D eigenvalue weighted by molar-refractivity contribution is 5.91. The van der Waals surface area contributed by atoms with Crippen molar-refractivity contribution < 1.29 is 9.53 Å². The van der Waals surface area contributed by atoms with Gasteiger partial charge in [0.15, 0.2) is 0 Å². The SMILES string of the molecule is COC(=O)c1ccc(C2(N)CCCC2)cc1C. The van der Waals surface area contributed by atoms with Gasteiger partial charge in [0.25, 0.3) is 0 Å². The van der Waals surface area contributed by atoms with E-state index >= 15 is 0 Å². The van der Waals surface area contributed by atoms with E-state index in [0.29, 0.717) is 5.56 Å². The van der Waals surface area contributed by atoms with Crippen LogP contribution in [0.25, 0.3) is 0 Å². The molecule has 2 rings (SSSR count). The van der Waals surface area contributed by atoms with Crippen LogP contribution >= 0.6 is 0 Å². The second kappa shape index (κ2) is 4.49. The fraction of sp³-hybridized carbons (Fsp3) is 0.500. The Bertz CT molecular complexity index is 434.